The summed E-state index contributed by atoms with van der Waals surface area (Å²) in [5.41, 5.74) is 0. The highest BCUT2D eigenvalue weighted by atomic mass is 16.7. The van der Waals surface area contributed by atoms with Crippen LogP contribution in [0.15, 0.2) is 0 Å². The average Bonchev–Trinajstić information content (AvgIpc) is 2.15. The second-order valence-electron chi connectivity index (χ2n) is 2.37. The van der Waals surface area contributed by atoms with Crippen molar-refractivity contribution in [2.75, 3.05) is 19.8 Å². The Labute approximate surface area is 83.6 Å². The predicted octanol–water partition coefficient (Wildman–Crippen LogP) is 0.842. The van der Waals surface area contributed by atoms with Crippen molar-refractivity contribution in [1.82, 2.24) is 0 Å². The minimum atomic E-state index is -0.708. The first-order chi connectivity index (χ1) is 6.74. The maximum Gasteiger partial charge on any atom is 0.322 e. The summed E-state index contributed by atoms with van der Waals surface area (Å²) in [5, 5.41) is 8.23. The third-order valence-electron chi connectivity index (χ3n) is 1.30. The molecule has 0 aliphatic heterocycles. The fraction of sp³-hybridized carbons (Fsp3) is 0.778. The van der Waals surface area contributed by atoms with Crippen LogP contribution in [0, 0.1) is 11.3 Å². The van der Waals surface area contributed by atoms with Gasteiger partial charge in [-0.1, -0.05) is 0 Å². The number of rotatable bonds is 7. The molecule has 0 saturated heterocycles. The van der Waals surface area contributed by atoms with Crippen LogP contribution in [0.25, 0.3) is 0 Å². The fourth-order valence-corrected chi connectivity index (χ4v) is 0.769. The van der Waals surface area contributed by atoms with Gasteiger partial charge < -0.3 is 14.2 Å². The van der Waals surface area contributed by atoms with Crippen molar-refractivity contribution in [2.45, 2.75) is 26.6 Å². The lowest BCUT2D eigenvalue weighted by atomic mass is 10.5. The number of nitriles is 1. The zero-order valence-corrected chi connectivity index (χ0v) is 8.49. The van der Waals surface area contributed by atoms with E-state index in [0.717, 1.165) is 0 Å². The van der Waals surface area contributed by atoms with Crippen LogP contribution in [-0.4, -0.2) is 32.1 Å². The van der Waals surface area contributed by atoms with Gasteiger partial charge in [0, 0.05) is 13.2 Å². The first kappa shape index (κ1) is 12.9. The molecule has 5 nitrogen and oxygen atoms in total. The van der Waals surface area contributed by atoms with Crippen LogP contribution in [0.1, 0.15) is 20.3 Å². The Balaban J connectivity index is 3.83. The quantitative estimate of drug-likeness (QED) is 0.451. The Hall–Kier alpha value is -1.12. The van der Waals surface area contributed by atoms with E-state index >= 15 is 0 Å². The van der Waals surface area contributed by atoms with Gasteiger partial charge in [0.05, 0.1) is 6.07 Å². The van der Waals surface area contributed by atoms with Crippen LogP contribution in [-0.2, 0) is 19.0 Å². The zero-order valence-electron chi connectivity index (χ0n) is 8.49. The second kappa shape index (κ2) is 8.48. The summed E-state index contributed by atoms with van der Waals surface area (Å²) in [6, 6.07) is 1.70. The smallest absolute Gasteiger partial charge is 0.322 e. The summed E-state index contributed by atoms with van der Waals surface area (Å²) in [4.78, 5) is 10.9. The highest BCUT2D eigenvalue weighted by Crippen LogP contribution is 1.98. The molecule has 0 N–H and O–H groups in total. The SMILES string of the molecule is CCOCC(OCC)OC(=O)CC#N. The molecule has 0 heterocycles. The molecule has 5 heteroatoms. The van der Waals surface area contributed by atoms with Crippen molar-refractivity contribution >= 4 is 5.97 Å². The van der Waals surface area contributed by atoms with E-state index in [1.807, 2.05) is 6.92 Å². The van der Waals surface area contributed by atoms with Crippen molar-refractivity contribution in [3.8, 4) is 6.07 Å². The van der Waals surface area contributed by atoms with Crippen molar-refractivity contribution in [3.63, 3.8) is 0 Å². The van der Waals surface area contributed by atoms with Crippen molar-refractivity contribution in [2.24, 2.45) is 0 Å². The zero-order chi connectivity index (χ0) is 10.8. The first-order valence-electron chi connectivity index (χ1n) is 4.50. The fourth-order valence-electron chi connectivity index (χ4n) is 0.769. The molecular formula is C9H15NO4. The molecule has 0 aromatic carbocycles. The standard InChI is InChI=1S/C9H15NO4/c1-3-12-7-9(13-4-2)14-8(11)5-6-10/h9H,3-5,7H2,1-2H3. The maximum absolute atomic E-state index is 10.9. The Morgan fingerprint density at radius 3 is 2.64 bits per heavy atom. The van der Waals surface area contributed by atoms with E-state index in [1.54, 1.807) is 13.0 Å². The predicted molar refractivity (Wildman–Crippen MR) is 48.2 cm³/mol. The van der Waals surface area contributed by atoms with Gasteiger partial charge in [-0.25, -0.2) is 0 Å². The Morgan fingerprint density at radius 1 is 1.43 bits per heavy atom. The Kier molecular flexibility index (Phi) is 7.80. The third kappa shape index (κ3) is 6.40. The molecule has 0 aromatic rings. The van der Waals surface area contributed by atoms with E-state index in [-0.39, 0.29) is 13.0 Å². The number of hydrogen-bond acceptors (Lipinski definition) is 5. The van der Waals surface area contributed by atoms with E-state index in [4.69, 9.17) is 19.5 Å². The van der Waals surface area contributed by atoms with Gasteiger partial charge in [0.1, 0.15) is 13.0 Å². The molecule has 0 aromatic heterocycles. The summed E-state index contributed by atoms with van der Waals surface area (Å²) >= 11 is 0. The van der Waals surface area contributed by atoms with Gasteiger partial charge in [0.2, 0.25) is 6.29 Å². The lowest BCUT2D eigenvalue weighted by molar-refractivity contribution is -0.188. The third-order valence-corrected chi connectivity index (χ3v) is 1.30. The molecule has 0 aliphatic carbocycles. The number of carbonyl (C=O) groups excluding carboxylic acids is 1. The van der Waals surface area contributed by atoms with E-state index < -0.39 is 12.3 Å². The second-order valence-corrected chi connectivity index (χ2v) is 2.37. The van der Waals surface area contributed by atoms with Crippen LogP contribution in [0.3, 0.4) is 0 Å². The molecule has 0 saturated carbocycles. The molecule has 80 valence electrons. The molecule has 0 rings (SSSR count). The Bertz CT molecular complexity index is 199. The highest BCUT2D eigenvalue weighted by molar-refractivity contribution is 5.71. The lowest BCUT2D eigenvalue weighted by Gasteiger charge is -2.16. The van der Waals surface area contributed by atoms with E-state index in [0.29, 0.717) is 13.2 Å². The van der Waals surface area contributed by atoms with E-state index in [1.165, 1.54) is 0 Å². The molecule has 1 unspecified atom stereocenters. The van der Waals surface area contributed by atoms with Crippen LogP contribution >= 0.6 is 0 Å². The van der Waals surface area contributed by atoms with Gasteiger partial charge in [-0.2, -0.15) is 5.26 Å². The summed E-state index contributed by atoms with van der Waals surface area (Å²) < 4.78 is 15.0. The van der Waals surface area contributed by atoms with Crippen LogP contribution in [0.4, 0.5) is 0 Å². The summed E-state index contributed by atoms with van der Waals surface area (Å²) in [6.07, 6.45) is -0.976. The number of ether oxygens (including phenoxy) is 3. The molecule has 0 fully saturated rings. The molecule has 0 aliphatic rings. The monoisotopic (exact) mass is 201 g/mol. The van der Waals surface area contributed by atoms with E-state index in [2.05, 4.69) is 0 Å². The minimum absolute atomic E-state index is 0.196. The molecule has 0 spiro atoms. The molecule has 0 amide bonds. The topological polar surface area (TPSA) is 68.6 Å². The summed E-state index contributed by atoms with van der Waals surface area (Å²) in [7, 11) is 0. The van der Waals surface area contributed by atoms with E-state index in [9.17, 15) is 4.79 Å². The average molecular weight is 201 g/mol. The number of carbonyl (C=O) groups is 1. The molecular weight excluding hydrogens is 186 g/mol. The van der Waals surface area contributed by atoms with Crippen LogP contribution in [0.2, 0.25) is 0 Å². The van der Waals surface area contributed by atoms with Crippen LogP contribution < -0.4 is 0 Å². The number of hydrogen-bond donors (Lipinski definition) is 0. The highest BCUT2D eigenvalue weighted by Gasteiger charge is 2.13. The molecule has 0 radical (unpaired) electrons. The largest absolute Gasteiger partial charge is 0.432 e. The van der Waals surface area contributed by atoms with Gasteiger partial charge in [0.25, 0.3) is 0 Å². The van der Waals surface area contributed by atoms with Crippen molar-refractivity contribution in [3.05, 3.63) is 0 Å². The van der Waals surface area contributed by atoms with Crippen LogP contribution in [0.5, 0.6) is 0 Å². The normalized spacial score (nSPS) is 11.8. The Morgan fingerprint density at radius 2 is 2.14 bits per heavy atom. The van der Waals surface area contributed by atoms with Crippen molar-refractivity contribution in [1.29, 1.82) is 5.26 Å². The number of nitrogens with zero attached hydrogens (tertiary/aromatic N) is 1. The maximum atomic E-state index is 10.9. The molecule has 1 atom stereocenters. The first-order valence-corrected chi connectivity index (χ1v) is 4.50. The van der Waals surface area contributed by atoms with Crippen molar-refractivity contribution < 1.29 is 19.0 Å². The van der Waals surface area contributed by atoms with Gasteiger partial charge in [-0.15, -0.1) is 0 Å². The number of esters is 1. The van der Waals surface area contributed by atoms with Gasteiger partial charge in [-0.05, 0) is 13.8 Å². The van der Waals surface area contributed by atoms with Gasteiger partial charge in [0.15, 0.2) is 0 Å². The molecule has 14 heavy (non-hydrogen) atoms. The van der Waals surface area contributed by atoms with Gasteiger partial charge in [-0.3, -0.25) is 4.79 Å². The minimum Gasteiger partial charge on any atom is -0.432 e. The summed E-state index contributed by atoms with van der Waals surface area (Å²) in [5.74, 6) is -0.592. The lowest BCUT2D eigenvalue weighted by Crippen LogP contribution is -2.26. The van der Waals surface area contributed by atoms with Gasteiger partial charge >= 0.3 is 5.97 Å². The molecule has 0 bridgehead atoms. The summed E-state index contributed by atoms with van der Waals surface area (Å²) in [6.45, 7) is 4.77.